The number of carbonyl (C=O) groups excluding carboxylic acids is 2. The van der Waals surface area contributed by atoms with Gasteiger partial charge in [-0.05, 0) is 37.3 Å². The first-order valence-electron chi connectivity index (χ1n) is 6.57. The summed E-state index contributed by atoms with van der Waals surface area (Å²) in [4.78, 5) is 23.1. The monoisotopic (exact) mass is 287 g/mol. The van der Waals surface area contributed by atoms with Gasteiger partial charge in [-0.3, -0.25) is 9.48 Å². The summed E-state index contributed by atoms with van der Waals surface area (Å²) in [7, 11) is 1.33. The number of methoxy groups -OCH3 is 1. The van der Waals surface area contributed by atoms with E-state index >= 15 is 0 Å². The highest BCUT2D eigenvalue weighted by atomic mass is 16.5. The molecule has 0 unspecified atom stereocenters. The second-order valence-corrected chi connectivity index (χ2v) is 4.59. The third-order valence-electron chi connectivity index (χ3n) is 2.93. The number of amides is 1. The number of hydrogen-bond acceptors (Lipinski definition) is 4. The van der Waals surface area contributed by atoms with E-state index in [0.717, 1.165) is 5.69 Å². The van der Waals surface area contributed by atoms with E-state index in [4.69, 9.17) is 0 Å². The Morgan fingerprint density at radius 2 is 1.95 bits per heavy atom. The number of esters is 1. The summed E-state index contributed by atoms with van der Waals surface area (Å²) in [6, 6.07) is 8.45. The van der Waals surface area contributed by atoms with E-state index < -0.39 is 5.97 Å². The van der Waals surface area contributed by atoms with Crippen molar-refractivity contribution in [1.29, 1.82) is 0 Å². The Labute approximate surface area is 122 Å². The molecule has 1 N–H and O–H groups in total. The lowest BCUT2D eigenvalue weighted by atomic mass is 10.2. The van der Waals surface area contributed by atoms with Gasteiger partial charge in [-0.25, -0.2) is 4.79 Å². The molecule has 1 aromatic carbocycles. The van der Waals surface area contributed by atoms with Crippen molar-refractivity contribution in [3.05, 3.63) is 47.8 Å². The van der Waals surface area contributed by atoms with Gasteiger partial charge in [0.1, 0.15) is 0 Å². The number of ether oxygens (including phenoxy) is 1. The molecule has 110 valence electrons. The molecule has 0 radical (unpaired) electrons. The Morgan fingerprint density at radius 1 is 1.24 bits per heavy atom. The average Bonchev–Trinajstić information content (AvgIpc) is 2.91. The normalized spacial score (nSPS) is 10.2. The molecule has 21 heavy (non-hydrogen) atoms. The van der Waals surface area contributed by atoms with E-state index in [1.807, 2.05) is 19.2 Å². The van der Waals surface area contributed by atoms with E-state index in [1.165, 1.54) is 7.11 Å². The van der Waals surface area contributed by atoms with E-state index in [0.29, 0.717) is 24.2 Å². The Kier molecular flexibility index (Phi) is 4.71. The van der Waals surface area contributed by atoms with Crippen molar-refractivity contribution in [3.8, 4) is 0 Å². The van der Waals surface area contributed by atoms with Crippen LogP contribution >= 0.6 is 0 Å². The second-order valence-electron chi connectivity index (χ2n) is 4.59. The van der Waals surface area contributed by atoms with Gasteiger partial charge in [0.25, 0.3) is 0 Å². The molecule has 1 heterocycles. The summed E-state index contributed by atoms with van der Waals surface area (Å²) in [6.45, 7) is 2.43. The van der Waals surface area contributed by atoms with Gasteiger partial charge in [-0.1, -0.05) is 0 Å². The molecule has 2 aromatic rings. The lowest BCUT2D eigenvalue weighted by molar-refractivity contribution is -0.116. The van der Waals surface area contributed by atoms with Crippen LogP contribution in [0.1, 0.15) is 22.5 Å². The largest absolute Gasteiger partial charge is 0.465 e. The lowest BCUT2D eigenvalue weighted by Gasteiger charge is -2.06. The smallest absolute Gasteiger partial charge is 0.337 e. The number of benzene rings is 1. The van der Waals surface area contributed by atoms with Crippen molar-refractivity contribution in [3.63, 3.8) is 0 Å². The molecule has 6 heteroatoms. The molecule has 0 saturated heterocycles. The Hall–Kier alpha value is -2.63. The van der Waals surface area contributed by atoms with E-state index in [-0.39, 0.29) is 5.91 Å². The van der Waals surface area contributed by atoms with Crippen LogP contribution < -0.4 is 5.32 Å². The van der Waals surface area contributed by atoms with Crippen LogP contribution in [0, 0.1) is 6.92 Å². The number of anilines is 1. The zero-order valence-electron chi connectivity index (χ0n) is 12.0. The fourth-order valence-corrected chi connectivity index (χ4v) is 1.83. The van der Waals surface area contributed by atoms with Crippen LogP contribution in [0.3, 0.4) is 0 Å². The highest BCUT2D eigenvalue weighted by Crippen LogP contribution is 2.11. The van der Waals surface area contributed by atoms with Gasteiger partial charge in [-0.2, -0.15) is 5.10 Å². The van der Waals surface area contributed by atoms with E-state index in [9.17, 15) is 9.59 Å². The Bertz CT molecular complexity index is 632. The van der Waals surface area contributed by atoms with Crippen LogP contribution in [0.2, 0.25) is 0 Å². The maximum atomic E-state index is 11.8. The van der Waals surface area contributed by atoms with Gasteiger partial charge in [0.05, 0.1) is 18.4 Å². The fraction of sp³-hybridized carbons (Fsp3) is 0.267. The van der Waals surface area contributed by atoms with Crippen LogP contribution in [0.15, 0.2) is 36.5 Å². The van der Waals surface area contributed by atoms with Crippen molar-refractivity contribution < 1.29 is 14.3 Å². The first-order chi connectivity index (χ1) is 10.1. The quantitative estimate of drug-likeness (QED) is 0.854. The molecule has 0 saturated carbocycles. The van der Waals surface area contributed by atoms with Gasteiger partial charge < -0.3 is 10.1 Å². The van der Waals surface area contributed by atoms with E-state index in [2.05, 4.69) is 15.2 Å². The highest BCUT2D eigenvalue weighted by molar-refractivity contribution is 5.92. The number of aryl methyl sites for hydroxylation is 2. The maximum Gasteiger partial charge on any atom is 0.337 e. The molecule has 2 rings (SSSR count). The average molecular weight is 287 g/mol. The molecule has 0 aliphatic heterocycles. The first kappa shape index (κ1) is 14.8. The molecule has 0 aliphatic carbocycles. The molecular formula is C15H17N3O3. The van der Waals surface area contributed by atoms with Crippen LogP contribution in [0.25, 0.3) is 0 Å². The predicted molar refractivity (Wildman–Crippen MR) is 78.0 cm³/mol. The third-order valence-corrected chi connectivity index (χ3v) is 2.93. The second kappa shape index (κ2) is 6.69. The number of aromatic nitrogens is 2. The Balaban J connectivity index is 1.86. The summed E-state index contributed by atoms with van der Waals surface area (Å²) in [5.41, 5.74) is 2.01. The van der Waals surface area contributed by atoms with Gasteiger partial charge in [-0.15, -0.1) is 0 Å². The van der Waals surface area contributed by atoms with Gasteiger partial charge in [0.15, 0.2) is 0 Å². The molecule has 1 amide bonds. The summed E-state index contributed by atoms with van der Waals surface area (Å²) in [6.07, 6.45) is 2.17. The molecule has 0 fully saturated rings. The van der Waals surface area contributed by atoms with Crippen molar-refractivity contribution in [2.45, 2.75) is 19.9 Å². The molecule has 0 atom stereocenters. The summed E-state index contributed by atoms with van der Waals surface area (Å²) < 4.78 is 6.34. The van der Waals surface area contributed by atoms with E-state index in [1.54, 1.807) is 28.9 Å². The fourth-order valence-electron chi connectivity index (χ4n) is 1.83. The predicted octanol–water partition coefficient (Wildman–Crippen LogP) is 2.01. The minimum absolute atomic E-state index is 0.103. The van der Waals surface area contributed by atoms with Crippen LogP contribution in [-0.4, -0.2) is 28.8 Å². The summed E-state index contributed by atoms with van der Waals surface area (Å²) >= 11 is 0. The van der Waals surface area contributed by atoms with Crippen LogP contribution in [0.5, 0.6) is 0 Å². The molecule has 1 aromatic heterocycles. The van der Waals surface area contributed by atoms with Crippen molar-refractivity contribution >= 4 is 17.6 Å². The minimum atomic E-state index is -0.401. The van der Waals surface area contributed by atoms with Crippen molar-refractivity contribution in [1.82, 2.24) is 9.78 Å². The lowest BCUT2D eigenvalue weighted by Crippen LogP contribution is -2.15. The van der Waals surface area contributed by atoms with Crippen molar-refractivity contribution in [2.75, 3.05) is 12.4 Å². The Morgan fingerprint density at radius 3 is 2.52 bits per heavy atom. The summed E-state index contributed by atoms with van der Waals surface area (Å²) in [5, 5.41) is 6.99. The minimum Gasteiger partial charge on any atom is -0.465 e. The molecule has 6 nitrogen and oxygen atoms in total. The molecule has 0 aliphatic rings. The zero-order chi connectivity index (χ0) is 15.2. The number of carbonyl (C=O) groups is 2. The van der Waals surface area contributed by atoms with Gasteiger partial charge in [0, 0.05) is 24.8 Å². The number of rotatable bonds is 5. The van der Waals surface area contributed by atoms with Crippen LogP contribution in [-0.2, 0) is 16.1 Å². The molecular weight excluding hydrogens is 270 g/mol. The highest BCUT2D eigenvalue weighted by Gasteiger charge is 2.06. The van der Waals surface area contributed by atoms with Crippen molar-refractivity contribution in [2.24, 2.45) is 0 Å². The topological polar surface area (TPSA) is 73.2 Å². The SMILES string of the molecule is COC(=O)c1ccc(NC(=O)CCn2ccc(C)n2)cc1. The maximum absolute atomic E-state index is 11.8. The standard InChI is InChI=1S/C15H17N3O3/c1-11-7-9-18(17-11)10-8-14(19)16-13-5-3-12(4-6-13)15(20)21-2/h3-7,9H,8,10H2,1-2H3,(H,16,19). The first-order valence-corrected chi connectivity index (χ1v) is 6.57. The number of hydrogen-bond donors (Lipinski definition) is 1. The van der Waals surface area contributed by atoms with Gasteiger partial charge in [0.2, 0.25) is 5.91 Å². The molecule has 0 bridgehead atoms. The third kappa shape index (κ3) is 4.17. The van der Waals surface area contributed by atoms with Crippen LogP contribution in [0.4, 0.5) is 5.69 Å². The molecule has 0 spiro atoms. The number of nitrogens with zero attached hydrogens (tertiary/aromatic N) is 2. The number of nitrogens with one attached hydrogen (secondary N) is 1. The van der Waals surface area contributed by atoms with Gasteiger partial charge >= 0.3 is 5.97 Å². The zero-order valence-corrected chi connectivity index (χ0v) is 12.0. The summed E-state index contributed by atoms with van der Waals surface area (Å²) in [5.74, 6) is -0.504.